The predicted molar refractivity (Wildman–Crippen MR) is 103 cm³/mol. The molecule has 1 aliphatic rings. The van der Waals surface area contributed by atoms with E-state index in [1.54, 1.807) is 36.4 Å². The summed E-state index contributed by atoms with van der Waals surface area (Å²) in [6, 6.07) is 13.8. The number of para-hydroxylation sites is 2. The quantitative estimate of drug-likeness (QED) is 0.735. The second-order valence-electron chi connectivity index (χ2n) is 7.16. The number of nitrogens with one attached hydrogen (secondary N) is 1. The third-order valence-corrected chi connectivity index (χ3v) is 5.10. The van der Waals surface area contributed by atoms with E-state index in [9.17, 15) is 14.0 Å². The van der Waals surface area contributed by atoms with Gasteiger partial charge in [-0.2, -0.15) is 0 Å². The van der Waals surface area contributed by atoms with Crippen molar-refractivity contribution in [1.82, 2.24) is 14.8 Å². The van der Waals surface area contributed by atoms with Crippen LogP contribution in [0.25, 0.3) is 11.1 Å². The first-order valence-corrected chi connectivity index (χ1v) is 9.43. The highest BCUT2D eigenvalue weighted by Crippen LogP contribution is 2.16. The Bertz CT molecular complexity index is 1040. The summed E-state index contributed by atoms with van der Waals surface area (Å²) < 4.78 is 20.4. The Kier molecular flexibility index (Phi) is 5.25. The fraction of sp³-hybridized carbons (Fsp3) is 0.333. The molecule has 0 saturated carbocycles. The van der Waals surface area contributed by atoms with Crippen molar-refractivity contribution in [2.24, 2.45) is 0 Å². The number of halogens is 1. The van der Waals surface area contributed by atoms with Crippen molar-refractivity contribution in [2.45, 2.75) is 32.0 Å². The maximum Gasteiger partial charge on any atom is 0.420 e. The number of hydrogen-bond acceptors (Lipinski definition) is 4. The first kappa shape index (κ1) is 18.4. The molecule has 28 heavy (non-hydrogen) atoms. The fourth-order valence-corrected chi connectivity index (χ4v) is 3.77. The summed E-state index contributed by atoms with van der Waals surface area (Å²) >= 11 is 0. The molecule has 1 amide bonds. The summed E-state index contributed by atoms with van der Waals surface area (Å²) in [5.41, 5.74) is 1.73. The molecule has 3 aromatic rings. The third-order valence-electron chi connectivity index (χ3n) is 5.10. The molecule has 7 heteroatoms. The minimum atomic E-state index is -0.541. The first-order chi connectivity index (χ1) is 13.6. The summed E-state index contributed by atoms with van der Waals surface area (Å²) in [7, 11) is 0. The smallest absolute Gasteiger partial charge is 0.408 e. The number of piperidine rings is 1. The number of carbonyl (C=O) groups excluding carboxylic acids is 1. The topological polar surface area (TPSA) is 67.5 Å². The van der Waals surface area contributed by atoms with Gasteiger partial charge < -0.3 is 9.73 Å². The average Bonchev–Trinajstić information content (AvgIpc) is 2.99. The Morgan fingerprint density at radius 2 is 1.96 bits per heavy atom. The van der Waals surface area contributed by atoms with Crippen molar-refractivity contribution < 1.29 is 13.6 Å². The number of rotatable bonds is 5. The van der Waals surface area contributed by atoms with Crippen molar-refractivity contribution in [3.63, 3.8) is 0 Å². The van der Waals surface area contributed by atoms with Crippen molar-refractivity contribution in [1.29, 1.82) is 0 Å². The molecule has 2 heterocycles. The van der Waals surface area contributed by atoms with Crippen LogP contribution in [-0.2, 0) is 17.9 Å². The van der Waals surface area contributed by atoms with E-state index < -0.39 is 5.76 Å². The summed E-state index contributed by atoms with van der Waals surface area (Å²) in [6.45, 7) is 1.96. The van der Waals surface area contributed by atoms with Gasteiger partial charge in [-0.15, -0.1) is 0 Å². The van der Waals surface area contributed by atoms with Gasteiger partial charge in [-0.25, -0.2) is 9.18 Å². The molecule has 2 aromatic carbocycles. The summed E-state index contributed by atoms with van der Waals surface area (Å²) in [4.78, 5) is 26.7. The normalized spacial score (nSPS) is 17.7. The van der Waals surface area contributed by atoms with Crippen LogP contribution < -0.4 is 11.1 Å². The number of aromatic nitrogens is 1. The van der Waals surface area contributed by atoms with Crippen LogP contribution in [0.5, 0.6) is 0 Å². The molecule has 6 nitrogen and oxygen atoms in total. The molecule has 1 aromatic heterocycles. The number of nitrogens with zero attached hydrogens (tertiary/aromatic N) is 2. The Morgan fingerprint density at radius 1 is 1.18 bits per heavy atom. The Morgan fingerprint density at radius 3 is 2.82 bits per heavy atom. The molecular weight excluding hydrogens is 361 g/mol. The van der Waals surface area contributed by atoms with Gasteiger partial charge in [-0.3, -0.25) is 14.3 Å². The van der Waals surface area contributed by atoms with E-state index in [1.807, 2.05) is 6.07 Å². The lowest BCUT2D eigenvalue weighted by molar-refractivity contribution is -0.122. The van der Waals surface area contributed by atoms with Crippen molar-refractivity contribution >= 4 is 17.0 Å². The van der Waals surface area contributed by atoms with E-state index in [-0.39, 0.29) is 24.3 Å². The number of oxazole rings is 1. The van der Waals surface area contributed by atoms with Crippen LogP contribution in [0.4, 0.5) is 4.39 Å². The number of likely N-dealkylation sites (tertiary alicyclic amines) is 1. The number of fused-ring (bicyclic) bond motifs is 1. The van der Waals surface area contributed by atoms with Crippen LogP contribution in [0, 0.1) is 5.82 Å². The van der Waals surface area contributed by atoms with E-state index in [4.69, 9.17) is 4.42 Å². The Balaban J connectivity index is 1.38. The van der Waals surface area contributed by atoms with E-state index in [2.05, 4.69) is 10.2 Å². The highest BCUT2D eigenvalue weighted by Gasteiger charge is 2.23. The monoisotopic (exact) mass is 383 g/mol. The maximum atomic E-state index is 13.9. The minimum Gasteiger partial charge on any atom is -0.408 e. The van der Waals surface area contributed by atoms with Crippen LogP contribution >= 0.6 is 0 Å². The van der Waals surface area contributed by atoms with Gasteiger partial charge in [0.1, 0.15) is 12.4 Å². The molecule has 1 aliphatic heterocycles. The molecule has 1 fully saturated rings. The number of amides is 1. The average molecular weight is 383 g/mol. The van der Waals surface area contributed by atoms with Gasteiger partial charge in [0, 0.05) is 24.7 Å². The highest BCUT2D eigenvalue weighted by molar-refractivity contribution is 5.79. The van der Waals surface area contributed by atoms with Crippen LogP contribution in [0.3, 0.4) is 0 Å². The zero-order valence-electron chi connectivity index (χ0n) is 15.4. The molecular formula is C21H22FN3O3. The lowest BCUT2D eigenvalue weighted by atomic mass is 10.0. The minimum absolute atomic E-state index is 0.0260. The zero-order valence-corrected chi connectivity index (χ0v) is 15.4. The van der Waals surface area contributed by atoms with Gasteiger partial charge in [0.2, 0.25) is 5.91 Å². The third kappa shape index (κ3) is 3.99. The van der Waals surface area contributed by atoms with Gasteiger partial charge in [0.25, 0.3) is 0 Å². The van der Waals surface area contributed by atoms with Crippen molar-refractivity contribution in [3.8, 4) is 0 Å². The molecule has 4 rings (SSSR count). The number of hydrogen-bond donors (Lipinski definition) is 1. The summed E-state index contributed by atoms with van der Waals surface area (Å²) in [5, 5.41) is 3.00. The molecule has 0 aliphatic carbocycles. The Labute approximate surface area is 161 Å². The molecule has 0 spiro atoms. The van der Waals surface area contributed by atoms with Crippen LogP contribution in [0.15, 0.2) is 57.7 Å². The summed E-state index contributed by atoms with van der Waals surface area (Å²) in [5.74, 6) is -0.979. The molecule has 1 N–H and O–H groups in total. The lowest BCUT2D eigenvalue weighted by Gasteiger charge is -2.33. The van der Waals surface area contributed by atoms with E-state index in [0.29, 0.717) is 29.8 Å². The Hall–Kier alpha value is -2.93. The van der Waals surface area contributed by atoms with Crippen LogP contribution in [0.1, 0.15) is 18.4 Å². The molecule has 0 radical (unpaired) electrons. The molecule has 0 bridgehead atoms. The van der Waals surface area contributed by atoms with Gasteiger partial charge >= 0.3 is 5.76 Å². The second kappa shape index (κ2) is 7.98. The van der Waals surface area contributed by atoms with Gasteiger partial charge in [-0.1, -0.05) is 30.3 Å². The molecule has 1 saturated heterocycles. The van der Waals surface area contributed by atoms with Gasteiger partial charge in [0.05, 0.1) is 5.52 Å². The molecule has 1 atom stereocenters. The largest absolute Gasteiger partial charge is 0.420 e. The molecule has 146 valence electrons. The fourth-order valence-electron chi connectivity index (χ4n) is 3.77. The predicted octanol–water partition coefficient (Wildman–Crippen LogP) is 2.51. The van der Waals surface area contributed by atoms with E-state index in [1.165, 1.54) is 10.6 Å². The van der Waals surface area contributed by atoms with Gasteiger partial charge in [0.15, 0.2) is 5.58 Å². The van der Waals surface area contributed by atoms with Crippen molar-refractivity contribution in [2.75, 3.05) is 13.1 Å². The second-order valence-corrected chi connectivity index (χ2v) is 7.16. The maximum absolute atomic E-state index is 13.9. The SMILES string of the molecule is O=C(Cn1c(=O)oc2ccccc21)N[C@H]1CCCN(Cc2ccccc2F)C1. The highest BCUT2D eigenvalue weighted by atomic mass is 19.1. The van der Waals surface area contributed by atoms with Gasteiger partial charge in [-0.05, 0) is 37.6 Å². The molecule has 0 unspecified atom stereocenters. The lowest BCUT2D eigenvalue weighted by Crippen LogP contribution is -2.48. The number of carbonyl (C=O) groups is 1. The van der Waals surface area contributed by atoms with Crippen LogP contribution in [-0.4, -0.2) is 34.5 Å². The first-order valence-electron chi connectivity index (χ1n) is 9.43. The van der Waals surface area contributed by atoms with Crippen LogP contribution in [0.2, 0.25) is 0 Å². The van der Waals surface area contributed by atoms with E-state index >= 15 is 0 Å². The summed E-state index contributed by atoms with van der Waals surface area (Å²) in [6.07, 6.45) is 1.79. The standard InChI is InChI=1S/C21H22FN3O3/c22-17-8-2-1-6-15(17)12-24-11-5-7-16(13-24)23-20(26)14-25-18-9-3-4-10-19(18)28-21(25)27/h1-4,6,8-10,16H,5,7,11-14H2,(H,23,26)/t16-/m0/s1. The zero-order chi connectivity index (χ0) is 19.5. The van der Waals surface area contributed by atoms with Crippen molar-refractivity contribution in [3.05, 3.63) is 70.5 Å². The number of benzene rings is 2. The van der Waals surface area contributed by atoms with E-state index in [0.717, 1.165) is 19.4 Å².